The lowest BCUT2D eigenvalue weighted by Crippen LogP contribution is -2.50. The summed E-state index contributed by atoms with van der Waals surface area (Å²) in [6, 6.07) is 12.5. The summed E-state index contributed by atoms with van der Waals surface area (Å²) in [6.07, 6.45) is 5.29. The van der Waals surface area contributed by atoms with Gasteiger partial charge >= 0.3 is 0 Å². The van der Waals surface area contributed by atoms with Crippen molar-refractivity contribution in [2.45, 2.75) is 44.8 Å². The minimum Gasteiger partial charge on any atom is -0.349 e. The van der Waals surface area contributed by atoms with Crippen molar-refractivity contribution in [2.75, 3.05) is 25.5 Å². The van der Waals surface area contributed by atoms with Crippen LogP contribution in [0, 0.1) is 5.92 Å². The van der Waals surface area contributed by atoms with Gasteiger partial charge in [-0.25, -0.2) is 9.97 Å². The van der Waals surface area contributed by atoms with Gasteiger partial charge < -0.3 is 15.1 Å². The number of benzene rings is 1. The summed E-state index contributed by atoms with van der Waals surface area (Å²) in [7, 11) is 2.14. The predicted octanol–water partition coefficient (Wildman–Crippen LogP) is 2.82. The van der Waals surface area contributed by atoms with Gasteiger partial charge in [-0.15, -0.1) is 0 Å². The van der Waals surface area contributed by atoms with Crippen molar-refractivity contribution >= 4 is 11.9 Å². The van der Waals surface area contributed by atoms with Crippen LogP contribution in [0.5, 0.6) is 0 Å². The Morgan fingerprint density at radius 1 is 1.24 bits per heavy atom. The molecule has 2 aliphatic heterocycles. The summed E-state index contributed by atoms with van der Waals surface area (Å²) >= 11 is 0. The minimum atomic E-state index is -0.00703. The Balaban J connectivity index is 1.34. The maximum Gasteiger partial charge on any atom is 0.227 e. The zero-order valence-electron chi connectivity index (χ0n) is 19.2. The third-order valence-electron chi connectivity index (χ3n) is 6.96. The smallest absolute Gasteiger partial charge is 0.227 e. The van der Waals surface area contributed by atoms with Crippen molar-refractivity contribution in [1.82, 2.24) is 30.0 Å². The lowest BCUT2D eigenvalue weighted by Gasteiger charge is -2.42. The van der Waals surface area contributed by atoms with E-state index in [1.165, 1.54) is 5.56 Å². The Hall–Kier alpha value is -3.26. The molecule has 3 atom stereocenters. The van der Waals surface area contributed by atoms with E-state index in [9.17, 15) is 4.79 Å². The van der Waals surface area contributed by atoms with Crippen molar-refractivity contribution < 1.29 is 4.79 Å². The zero-order chi connectivity index (χ0) is 22.8. The third kappa shape index (κ3) is 4.61. The van der Waals surface area contributed by atoms with E-state index < -0.39 is 0 Å². The van der Waals surface area contributed by atoms with Crippen LogP contribution in [0.4, 0.5) is 5.95 Å². The van der Waals surface area contributed by atoms with Crippen LogP contribution < -0.4 is 5.32 Å². The van der Waals surface area contributed by atoms with E-state index in [4.69, 9.17) is 4.98 Å². The molecule has 172 valence electrons. The van der Waals surface area contributed by atoms with Crippen LogP contribution in [0.1, 0.15) is 41.8 Å². The van der Waals surface area contributed by atoms with E-state index in [2.05, 4.69) is 63.6 Å². The Morgan fingerprint density at radius 3 is 2.88 bits per heavy atom. The molecule has 33 heavy (non-hydrogen) atoms. The number of piperidine rings is 1. The standard InChI is InChI=1S/C25H31N7O/c1-17-12-19-13-26-25(27-14-20-8-10-28-30-20)29-23(19)16-32(17)24(33)21-9-11-31(2)15-22(21)18-6-4-3-5-7-18/h3-8,10,13,17,21-22H,9,11-12,14-16H2,1-2H3,(H,28,30)(H,26,27,29)/t17-,21+,22-/m1/s1. The molecule has 1 amide bonds. The Kier molecular flexibility index (Phi) is 6.09. The molecule has 2 N–H and O–H groups in total. The maximum atomic E-state index is 13.9. The minimum absolute atomic E-state index is 0.00703. The normalized spacial score (nSPS) is 23.2. The van der Waals surface area contributed by atoms with Crippen LogP contribution in [-0.4, -0.2) is 62.1 Å². The highest BCUT2D eigenvalue weighted by atomic mass is 16.2. The van der Waals surface area contributed by atoms with Gasteiger partial charge in [-0.05, 0) is 50.6 Å². The van der Waals surface area contributed by atoms with Crippen LogP contribution in [-0.2, 0) is 24.3 Å². The van der Waals surface area contributed by atoms with Crippen LogP contribution in [0.2, 0.25) is 0 Å². The van der Waals surface area contributed by atoms with Gasteiger partial charge in [-0.2, -0.15) is 5.10 Å². The molecule has 1 saturated heterocycles. The highest BCUT2D eigenvalue weighted by molar-refractivity contribution is 5.80. The summed E-state index contributed by atoms with van der Waals surface area (Å²) in [5, 5.41) is 10.1. The molecule has 3 aromatic rings. The summed E-state index contributed by atoms with van der Waals surface area (Å²) in [4.78, 5) is 27.5. The average molecular weight is 446 g/mol. The molecule has 4 heterocycles. The van der Waals surface area contributed by atoms with Gasteiger partial charge in [0.05, 0.1) is 24.5 Å². The number of fused-ring (bicyclic) bond motifs is 1. The molecule has 1 fully saturated rings. The molecule has 8 nitrogen and oxygen atoms in total. The Bertz CT molecular complexity index is 1090. The molecule has 0 spiro atoms. The molecular formula is C25H31N7O. The van der Waals surface area contributed by atoms with Gasteiger partial charge in [0, 0.05) is 36.8 Å². The first-order valence-electron chi connectivity index (χ1n) is 11.7. The second kappa shape index (κ2) is 9.31. The fourth-order valence-electron chi connectivity index (χ4n) is 5.09. The summed E-state index contributed by atoms with van der Waals surface area (Å²) in [5.74, 6) is 1.03. The number of aromatic amines is 1. The molecule has 0 unspecified atom stereocenters. The number of carbonyl (C=O) groups is 1. The SMILES string of the molecule is C[C@@H]1Cc2cnc(NCc3ccn[nH]3)nc2CN1C(=O)[C@H]1CCN(C)C[C@@H]1c1ccccc1. The summed E-state index contributed by atoms with van der Waals surface area (Å²) < 4.78 is 0. The second-order valence-corrected chi connectivity index (χ2v) is 9.29. The lowest BCUT2D eigenvalue weighted by atomic mass is 9.79. The maximum absolute atomic E-state index is 13.9. The van der Waals surface area contributed by atoms with Crippen molar-refractivity contribution in [3.05, 3.63) is 71.3 Å². The number of nitrogens with zero attached hydrogens (tertiary/aromatic N) is 5. The number of hydrogen-bond donors (Lipinski definition) is 2. The van der Waals surface area contributed by atoms with Crippen LogP contribution in [0.3, 0.4) is 0 Å². The quantitative estimate of drug-likeness (QED) is 0.628. The highest BCUT2D eigenvalue weighted by Crippen LogP contribution is 2.35. The van der Waals surface area contributed by atoms with E-state index in [0.29, 0.717) is 19.0 Å². The number of likely N-dealkylation sites (tertiary alicyclic amines) is 1. The topological polar surface area (TPSA) is 90.0 Å². The molecule has 0 radical (unpaired) electrons. The average Bonchev–Trinajstić information content (AvgIpc) is 3.36. The Morgan fingerprint density at radius 2 is 2.09 bits per heavy atom. The number of anilines is 1. The first-order valence-corrected chi connectivity index (χ1v) is 11.7. The molecule has 0 aliphatic carbocycles. The van der Waals surface area contributed by atoms with E-state index in [1.807, 2.05) is 23.2 Å². The van der Waals surface area contributed by atoms with Crippen molar-refractivity contribution in [1.29, 1.82) is 0 Å². The van der Waals surface area contributed by atoms with Crippen molar-refractivity contribution in [3.8, 4) is 0 Å². The van der Waals surface area contributed by atoms with Crippen LogP contribution in [0.15, 0.2) is 48.8 Å². The molecular weight excluding hydrogens is 414 g/mol. The van der Waals surface area contributed by atoms with E-state index >= 15 is 0 Å². The van der Waals surface area contributed by atoms with Gasteiger partial charge in [0.25, 0.3) is 0 Å². The molecule has 1 aromatic carbocycles. The number of likely N-dealkylation sites (N-methyl/N-ethyl adjacent to an activating group) is 1. The molecule has 0 saturated carbocycles. The van der Waals surface area contributed by atoms with Crippen molar-refractivity contribution in [3.63, 3.8) is 0 Å². The number of amides is 1. The largest absolute Gasteiger partial charge is 0.349 e. The highest BCUT2D eigenvalue weighted by Gasteiger charge is 2.39. The van der Waals surface area contributed by atoms with Gasteiger partial charge in [0.1, 0.15) is 0 Å². The van der Waals surface area contributed by atoms with Crippen LogP contribution in [0.25, 0.3) is 0 Å². The van der Waals surface area contributed by atoms with E-state index in [0.717, 1.165) is 42.9 Å². The zero-order valence-corrected chi connectivity index (χ0v) is 19.2. The second-order valence-electron chi connectivity index (χ2n) is 9.29. The number of carbonyl (C=O) groups excluding carboxylic acids is 1. The molecule has 0 bridgehead atoms. The number of rotatable bonds is 5. The van der Waals surface area contributed by atoms with E-state index in [1.54, 1.807) is 6.20 Å². The lowest BCUT2D eigenvalue weighted by molar-refractivity contribution is -0.141. The van der Waals surface area contributed by atoms with Crippen molar-refractivity contribution in [2.24, 2.45) is 5.92 Å². The monoisotopic (exact) mass is 445 g/mol. The fraction of sp³-hybridized carbons (Fsp3) is 0.440. The fourth-order valence-corrected chi connectivity index (χ4v) is 5.09. The molecule has 2 aliphatic rings. The molecule has 5 rings (SSSR count). The number of aromatic nitrogens is 4. The first kappa shape index (κ1) is 21.6. The number of nitrogens with one attached hydrogen (secondary N) is 2. The van der Waals surface area contributed by atoms with E-state index in [-0.39, 0.29) is 23.8 Å². The third-order valence-corrected chi connectivity index (χ3v) is 6.96. The molecule has 8 heteroatoms. The first-order chi connectivity index (χ1) is 16.1. The van der Waals surface area contributed by atoms with Gasteiger partial charge in [0.15, 0.2) is 0 Å². The number of H-pyrrole nitrogens is 1. The molecule has 2 aromatic heterocycles. The van der Waals surface area contributed by atoms with Crippen LogP contribution >= 0.6 is 0 Å². The summed E-state index contributed by atoms with van der Waals surface area (Å²) in [5.41, 5.74) is 4.28. The number of hydrogen-bond acceptors (Lipinski definition) is 6. The Labute approximate surface area is 194 Å². The predicted molar refractivity (Wildman–Crippen MR) is 126 cm³/mol. The van der Waals surface area contributed by atoms with Gasteiger partial charge in [-0.1, -0.05) is 30.3 Å². The van der Waals surface area contributed by atoms with Gasteiger partial charge in [-0.3, -0.25) is 9.89 Å². The van der Waals surface area contributed by atoms with Gasteiger partial charge in [0.2, 0.25) is 11.9 Å². The summed E-state index contributed by atoms with van der Waals surface area (Å²) in [6.45, 7) is 5.10.